The number of β-amino-alcohol motifs (C(OH)–C–C–N with tert-alkyl or cyclic N) is 1. The topological polar surface area (TPSA) is 86.2 Å². The fourth-order valence-electron chi connectivity index (χ4n) is 4.10. The minimum atomic E-state index is -0.824. The summed E-state index contributed by atoms with van der Waals surface area (Å²) in [5, 5.41) is 10.6. The molecular formula is C22H26N4O4. The highest BCUT2D eigenvalue weighted by Crippen LogP contribution is 2.30. The van der Waals surface area contributed by atoms with E-state index in [2.05, 4.69) is 26.9 Å². The van der Waals surface area contributed by atoms with Gasteiger partial charge in [-0.1, -0.05) is 18.2 Å². The molecule has 8 heteroatoms. The summed E-state index contributed by atoms with van der Waals surface area (Å²) in [4.78, 5) is 35.3. The van der Waals surface area contributed by atoms with Crippen LogP contribution in [0.4, 0.5) is 5.69 Å². The number of methoxy groups -OCH3 is 1. The van der Waals surface area contributed by atoms with Gasteiger partial charge in [0.2, 0.25) is 5.88 Å². The molecule has 1 atom stereocenters. The van der Waals surface area contributed by atoms with E-state index in [1.807, 2.05) is 18.2 Å². The van der Waals surface area contributed by atoms with E-state index in [-0.39, 0.29) is 23.6 Å². The smallest absolute Gasteiger partial charge is 0.267 e. The van der Waals surface area contributed by atoms with E-state index in [9.17, 15) is 14.7 Å². The maximum atomic E-state index is 12.8. The molecule has 1 fully saturated rings. The van der Waals surface area contributed by atoms with Crippen LogP contribution in [0.5, 0.6) is 5.88 Å². The summed E-state index contributed by atoms with van der Waals surface area (Å²) < 4.78 is 5.19. The number of ether oxygens (including phenoxy) is 1. The normalized spacial score (nSPS) is 18.0. The maximum Gasteiger partial charge on any atom is 0.267 e. The zero-order valence-corrected chi connectivity index (χ0v) is 17.2. The molecule has 1 N–H and O–H groups in total. The molecule has 2 aliphatic rings. The number of para-hydroxylation sites is 1. The molecule has 8 nitrogen and oxygen atoms in total. The number of aliphatic hydroxyl groups is 1. The highest BCUT2D eigenvalue weighted by Gasteiger charge is 2.40. The van der Waals surface area contributed by atoms with Gasteiger partial charge in [-0.25, -0.2) is 4.98 Å². The van der Waals surface area contributed by atoms with E-state index in [0.29, 0.717) is 12.2 Å². The quantitative estimate of drug-likeness (QED) is 0.716. The van der Waals surface area contributed by atoms with Crippen LogP contribution in [0.3, 0.4) is 0 Å². The van der Waals surface area contributed by atoms with Crippen LogP contribution in [0, 0.1) is 6.92 Å². The first-order chi connectivity index (χ1) is 14.5. The van der Waals surface area contributed by atoms with Gasteiger partial charge in [-0.3, -0.25) is 19.4 Å². The Morgan fingerprint density at radius 2 is 1.77 bits per heavy atom. The minimum absolute atomic E-state index is 0.0482. The van der Waals surface area contributed by atoms with Crippen molar-refractivity contribution in [3.8, 4) is 5.88 Å². The van der Waals surface area contributed by atoms with Crippen molar-refractivity contribution in [3.05, 3.63) is 53.2 Å². The highest BCUT2D eigenvalue weighted by atomic mass is 16.5. The zero-order valence-electron chi connectivity index (χ0n) is 17.2. The number of aromatic nitrogens is 1. The number of rotatable bonds is 6. The van der Waals surface area contributed by atoms with Gasteiger partial charge < -0.3 is 14.7 Å². The number of anilines is 1. The van der Waals surface area contributed by atoms with Crippen molar-refractivity contribution in [3.63, 3.8) is 0 Å². The molecule has 158 valence electrons. The van der Waals surface area contributed by atoms with Crippen LogP contribution < -0.4 is 9.64 Å². The van der Waals surface area contributed by atoms with Gasteiger partial charge in [0.25, 0.3) is 11.8 Å². The van der Waals surface area contributed by atoms with Crippen LogP contribution in [-0.4, -0.2) is 84.2 Å². The number of benzene rings is 1. The summed E-state index contributed by atoms with van der Waals surface area (Å²) in [6, 6.07) is 11.8. The van der Waals surface area contributed by atoms with Crippen LogP contribution in [-0.2, 0) is 0 Å². The fraction of sp³-hybridized carbons (Fsp3) is 0.409. The molecule has 0 aliphatic carbocycles. The molecule has 2 aliphatic heterocycles. The number of imide groups is 1. The Balaban J connectivity index is 1.35. The van der Waals surface area contributed by atoms with E-state index in [1.54, 1.807) is 13.0 Å². The molecule has 1 aromatic heterocycles. The number of fused-ring (bicyclic) bond motifs is 1. The van der Waals surface area contributed by atoms with Crippen molar-refractivity contribution >= 4 is 17.5 Å². The number of hydrogen-bond donors (Lipinski definition) is 1. The fourth-order valence-corrected chi connectivity index (χ4v) is 4.10. The van der Waals surface area contributed by atoms with Gasteiger partial charge in [-0.15, -0.1) is 0 Å². The zero-order chi connectivity index (χ0) is 21.3. The van der Waals surface area contributed by atoms with Crippen molar-refractivity contribution in [2.75, 3.05) is 51.3 Å². The molecule has 30 heavy (non-hydrogen) atoms. The first-order valence-corrected chi connectivity index (χ1v) is 10.1. The third kappa shape index (κ3) is 3.88. The maximum absolute atomic E-state index is 12.8. The van der Waals surface area contributed by atoms with Crippen LogP contribution in [0.25, 0.3) is 0 Å². The summed E-state index contributed by atoms with van der Waals surface area (Å²) in [6.45, 7) is 5.46. The molecule has 0 saturated carbocycles. The second-order valence-corrected chi connectivity index (χ2v) is 7.69. The number of amides is 2. The lowest BCUT2D eigenvalue weighted by Crippen LogP contribution is -2.50. The van der Waals surface area contributed by atoms with Crippen LogP contribution in [0.15, 0.2) is 36.4 Å². The van der Waals surface area contributed by atoms with E-state index < -0.39 is 17.9 Å². The van der Waals surface area contributed by atoms with E-state index >= 15 is 0 Å². The number of carbonyl (C=O) groups excluding carboxylic acids is 2. The van der Waals surface area contributed by atoms with E-state index in [1.165, 1.54) is 12.8 Å². The molecule has 1 unspecified atom stereocenters. The Morgan fingerprint density at radius 1 is 1.07 bits per heavy atom. The molecule has 4 rings (SSSR count). The minimum Gasteiger partial charge on any atom is -0.480 e. The molecule has 2 amide bonds. The molecule has 2 aromatic rings. The van der Waals surface area contributed by atoms with E-state index in [0.717, 1.165) is 31.1 Å². The Kier molecular flexibility index (Phi) is 5.69. The highest BCUT2D eigenvalue weighted by molar-refractivity contribution is 6.22. The third-order valence-electron chi connectivity index (χ3n) is 5.60. The Morgan fingerprint density at radius 3 is 2.43 bits per heavy atom. The average Bonchev–Trinajstić information content (AvgIpc) is 2.99. The number of aliphatic hydroxyl groups excluding tert-OH is 1. The lowest BCUT2D eigenvalue weighted by molar-refractivity contribution is 0.0468. The molecule has 0 radical (unpaired) electrons. The predicted molar refractivity (Wildman–Crippen MR) is 112 cm³/mol. The van der Waals surface area contributed by atoms with Crippen molar-refractivity contribution in [1.29, 1.82) is 0 Å². The lowest BCUT2D eigenvalue weighted by atomic mass is 10.1. The monoisotopic (exact) mass is 410 g/mol. The lowest BCUT2D eigenvalue weighted by Gasteiger charge is -2.37. The molecule has 0 spiro atoms. The average molecular weight is 410 g/mol. The van der Waals surface area contributed by atoms with Gasteiger partial charge in [0.05, 0.1) is 25.3 Å². The summed E-state index contributed by atoms with van der Waals surface area (Å²) >= 11 is 0. The summed E-state index contributed by atoms with van der Waals surface area (Å²) in [6.07, 6.45) is -0.824. The van der Waals surface area contributed by atoms with Crippen LogP contribution in [0.1, 0.15) is 26.4 Å². The first-order valence-electron chi connectivity index (χ1n) is 10.1. The van der Waals surface area contributed by atoms with Crippen molar-refractivity contribution in [1.82, 2.24) is 14.8 Å². The number of nitrogens with zero attached hydrogens (tertiary/aromatic N) is 4. The molecule has 0 bridgehead atoms. The summed E-state index contributed by atoms with van der Waals surface area (Å²) in [7, 11) is 1.42. The van der Waals surface area contributed by atoms with Crippen LogP contribution >= 0.6 is 0 Å². The van der Waals surface area contributed by atoms with Gasteiger partial charge in [0.1, 0.15) is 5.56 Å². The Bertz CT molecular complexity index is 942. The summed E-state index contributed by atoms with van der Waals surface area (Å²) in [5.41, 5.74) is 2.26. The van der Waals surface area contributed by atoms with Crippen molar-refractivity contribution in [2.45, 2.75) is 13.0 Å². The third-order valence-corrected chi connectivity index (χ3v) is 5.60. The SMILES string of the molecule is COc1nc(C)cc2c1C(=O)N(CC(O)CN1CCN(c3ccccc3)CC1)C2=O. The Hall–Kier alpha value is -2.97. The summed E-state index contributed by atoms with van der Waals surface area (Å²) in [5.74, 6) is -0.726. The Labute approximate surface area is 175 Å². The first kappa shape index (κ1) is 20.3. The number of aryl methyl sites for hydroxylation is 1. The number of carbonyl (C=O) groups is 2. The second kappa shape index (κ2) is 8.41. The molecule has 1 saturated heterocycles. The molecule has 1 aromatic carbocycles. The van der Waals surface area contributed by atoms with E-state index in [4.69, 9.17) is 4.74 Å². The van der Waals surface area contributed by atoms with Crippen molar-refractivity contribution in [2.24, 2.45) is 0 Å². The predicted octanol–water partition coefficient (Wildman–Crippen LogP) is 1.18. The van der Waals surface area contributed by atoms with Gasteiger partial charge in [0, 0.05) is 44.1 Å². The number of hydrogen-bond acceptors (Lipinski definition) is 7. The van der Waals surface area contributed by atoms with Crippen LogP contribution in [0.2, 0.25) is 0 Å². The largest absolute Gasteiger partial charge is 0.480 e. The van der Waals surface area contributed by atoms with Gasteiger partial charge in [-0.2, -0.15) is 0 Å². The molecule has 3 heterocycles. The van der Waals surface area contributed by atoms with Gasteiger partial charge in [0.15, 0.2) is 0 Å². The van der Waals surface area contributed by atoms with Crippen molar-refractivity contribution < 1.29 is 19.4 Å². The second-order valence-electron chi connectivity index (χ2n) is 7.69. The number of piperazine rings is 1. The molecular weight excluding hydrogens is 384 g/mol. The standard InChI is InChI=1S/C22H26N4O4/c1-15-12-18-19(20(23-15)30-2)22(29)26(21(18)28)14-17(27)13-24-8-10-25(11-9-24)16-6-4-3-5-7-16/h3-7,12,17,27H,8-11,13-14H2,1-2H3. The van der Waals surface area contributed by atoms with Gasteiger partial charge >= 0.3 is 0 Å². The number of pyridine rings is 1. The van der Waals surface area contributed by atoms with Gasteiger partial charge in [-0.05, 0) is 25.1 Å².